The fourth-order valence-corrected chi connectivity index (χ4v) is 3.12. The minimum absolute atomic E-state index is 0.118. The zero-order chi connectivity index (χ0) is 13.8. The molecule has 1 aromatic rings. The molecule has 1 fully saturated rings. The molecule has 0 spiro atoms. The van der Waals surface area contributed by atoms with E-state index in [-0.39, 0.29) is 22.3 Å². The Labute approximate surface area is 123 Å². The van der Waals surface area contributed by atoms with Gasteiger partial charge in [-0.1, -0.05) is 49.4 Å². The van der Waals surface area contributed by atoms with Gasteiger partial charge < -0.3 is 5.32 Å². The lowest BCUT2D eigenvalue weighted by Crippen LogP contribution is -2.38. The molecule has 1 aliphatic rings. The van der Waals surface area contributed by atoms with E-state index in [1.807, 2.05) is 0 Å². The van der Waals surface area contributed by atoms with Gasteiger partial charge in [-0.3, -0.25) is 4.79 Å². The van der Waals surface area contributed by atoms with Crippen molar-refractivity contribution >= 4 is 29.1 Å². The van der Waals surface area contributed by atoms with Gasteiger partial charge in [-0.05, 0) is 30.9 Å². The third kappa shape index (κ3) is 4.08. The zero-order valence-corrected chi connectivity index (χ0v) is 12.5. The Hall–Kier alpha value is -0.800. The Morgan fingerprint density at radius 2 is 2.05 bits per heavy atom. The molecular formula is C14H18Cl2N2O. The van der Waals surface area contributed by atoms with Crippen LogP contribution in [0.3, 0.4) is 0 Å². The summed E-state index contributed by atoms with van der Waals surface area (Å²) in [4.78, 5) is 16.0. The maximum Gasteiger partial charge on any atom is 0.251 e. The molecule has 1 saturated carbocycles. The summed E-state index contributed by atoms with van der Waals surface area (Å²) in [5, 5.41) is 3.56. The average Bonchev–Trinajstić information content (AvgIpc) is 2.37. The average molecular weight is 301 g/mol. The Kier molecular flexibility index (Phi) is 5.06. The standard InChI is InChI=1S/C14H18Cl2N2O/c1-2-9-4-3-5-11(6-9)17-14(19)10-7-12(15)18-13(16)8-10/h7-9,11H,2-6H2,1H3,(H,17,19). The number of carbonyl (C=O) groups is 1. The zero-order valence-electron chi connectivity index (χ0n) is 11.0. The van der Waals surface area contributed by atoms with Crippen molar-refractivity contribution in [2.45, 2.75) is 45.1 Å². The van der Waals surface area contributed by atoms with Crippen molar-refractivity contribution in [3.05, 3.63) is 28.0 Å². The van der Waals surface area contributed by atoms with Gasteiger partial charge in [0.05, 0.1) is 0 Å². The van der Waals surface area contributed by atoms with Gasteiger partial charge in [-0.25, -0.2) is 4.98 Å². The number of halogens is 2. The molecule has 0 saturated heterocycles. The highest BCUT2D eigenvalue weighted by Gasteiger charge is 2.22. The Morgan fingerprint density at radius 1 is 1.37 bits per heavy atom. The van der Waals surface area contributed by atoms with Gasteiger partial charge in [0.1, 0.15) is 10.3 Å². The van der Waals surface area contributed by atoms with Gasteiger partial charge in [-0.2, -0.15) is 0 Å². The highest BCUT2D eigenvalue weighted by atomic mass is 35.5. The molecule has 5 heteroatoms. The smallest absolute Gasteiger partial charge is 0.251 e. The maximum absolute atomic E-state index is 12.2. The van der Waals surface area contributed by atoms with Gasteiger partial charge in [0.15, 0.2) is 0 Å². The van der Waals surface area contributed by atoms with Crippen LogP contribution in [0.1, 0.15) is 49.4 Å². The van der Waals surface area contributed by atoms with Crippen LogP contribution in [0.4, 0.5) is 0 Å². The molecule has 0 aromatic carbocycles. The van der Waals surface area contributed by atoms with E-state index in [4.69, 9.17) is 23.2 Å². The summed E-state index contributed by atoms with van der Waals surface area (Å²) in [6.45, 7) is 2.21. The number of aromatic nitrogens is 1. The van der Waals surface area contributed by atoms with Gasteiger partial charge in [0.2, 0.25) is 0 Å². The monoisotopic (exact) mass is 300 g/mol. The number of pyridine rings is 1. The Bertz CT molecular complexity index is 445. The maximum atomic E-state index is 12.2. The van der Waals surface area contributed by atoms with Crippen molar-refractivity contribution in [3.63, 3.8) is 0 Å². The summed E-state index contributed by atoms with van der Waals surface area (Å²) >= 11 is 11.6. The lowest BCUT2D eigenvalue weighted by Gasteiger charge is -2.29. The number of nitrogens with one attached hydrogen (secondary N) is 1. The van der Waals surface area contributed by atoms with Crippen LogP contribution in [0.15, 0.2) is 12.1 Å². The highest BCUT2D eigenvalue weighted by Crippen LogP contribution is 2.26. The molecule has 1 aromatic heterocycles. The van der Waals surface area contributed by atoms with E-state index in [9.17, 15) is 4.79 Å². The predicted octanol–water partition coefficient (Wildman–Crippen LogP) is 4.09. The molecule has 0 radical (unpaired) electrons. The quantitative estimate of drug-likeness (QED) is 0.854. The first-order chi connectivity index (χ1) is 9.08. The number of rotatable bonds is 3. The lowest BCUT2D eigenvalue weighted by molar-refractivity contribution is 0.0919. The van der Waals surface area contributed by atoms with Crippen LogP contribution in [0.5, 0.6) is 0 Å². The molecule has 2 rings (SSSR count). The van der Waals surface area contributed by atoms with Gasteiger partial charge >= 0.3 is 0 Å². The molecule has 1 heterocycles. The predicted molar refractivity (Wildman–Crippen MR) is 77.8 cm³/mol. The second-order valence-corrected chi connectivity index (χ2v) is 5.89. The highest BCUT2D eigenvalue weighted by molar-refractivity contribution is 6.33. The SMILES string of the molecule is CCC1CCCC(NC(=O)c2cc(Cl)nc(Cl)c2)C1. The third-order valence-electron chi connectivity index (χ3n) is 3.72. The first-order valence-electron chi connectivity index (χ1n) is 6.72. The van der Waals surface area contributed by atoms with E-state index >= 15 is 0 Å². The van der Waals surface area contributed by atoms with Crippen LogP contribution in [-0.4, -0.2) is 16.9 Å². The Balaban J connectivity index is 2.00. The lowest BCUT2D eigenvalue weighted by atomic mass is 9.84. The van der Waals surface area contributed by atoms with Crippen LogP contribution in [0.2, 0.25) is 10.3 Å². The number of amides is 1. The third-order valence-corrected chi connectivity index (χ3v) is 4.11. The molecule has 1 N–H and O–H groups in total. The van der Waals surface area contributed by atoms with Gasteiger partial charge in [-0.15, -0.1) is 0 Å². The van der Waals surface area contributed by atoms with Crippen molar-refractivity contribution in [1.29, 1.82) is 0 Å². The van der Waals surface area contributed by atoms with E-state index < -0.39 is 0 Å². The van der Waals surface area contributed by atoms with Crippen LogP contribution in [0, 0.1) is 5.92 Å². The summed E-state index contributed by atoms with van der Waals surface area (Å²) in [7, 11) is 0. The Morgan fingerprint density at radius 3 is 2.68 bits per heavy atom. The van der Waals surface area contributed by atoms with Crippen LogP contribution in [-0.2, 0) is 0 Å². The van der Waals surface area contributed by atoms with Crippen molar-refractivity contribution in [3.8, 4) is 0 Å². The molecule has 19 heavy (non-hydrogen) atoms. The number of carbonyl (C=O) groups excluding carboxylic acids is 1. The fourth-order valence-electron chi connectivity index (χ4n) is 2.66. The fraction of sp³-hybridized carbons (Fsp3) is 0.571. The number of hydrogen-bond acceptors (Lipinski definition) is 2. The summed E-state index contributed by atoms with van der Waals surface area (Å²) in [6, 6.07) is 3.35. The summed E-state index contributed by atoms with van der Waals surface area (Å²) in [5.74, 6) is 0.608. The molecule has 0 bridgehead atoms. The first-order valence-corrected chi connectivity index (χ1v) is 7.48. The molecule has 3 nitrogen and oxygen atoms in total. The van der Waals surface area contributed by atoms with Crippen LogP contribution in [0.25, 0.3) is 0 Å². The van der Waals surface area contributed by atoms with Crippen LogP contribution >= 0.6 is 23.2 Å². The van der Waals surface area contributed by atoms with Crippen molar-refractivity contribution in [1.82, 2.24) is 10.3 Å². The van der Waals surface area contributed by atoms with Crippen molar-refractivity contribution < 1.29 is 4.79 Å². The molecular weight excluding hydrogens is 283 g/mol. The summed E-state index contributed by atoms with van der Waals surface area (Å²) in [5.41, 5.74) is 0.476. The van der Waals surface area contributed by atoms with Crippen molar-refractivity contribution in [2.75, 3.05) is 0 Å². The number of nitrogens with zero attached hydrogens (tertiary/aromatic N) is 1. The van der Waals surface area contributed by atoms with Crippen LogP contribution < -0.4 is 5.32 Å². The number of hydrogen-bond donors (Lipinski definition) is 1. The minimum atomic E-state index is -0.118. The van der Waals surface area contributed by atoms with E-state index in [1.54, 1.807) is 12.1 Å². The second-order valence-electron chi connectivity index (χ2n) is 5.11. The second kappa shape index (κ2) is 6.58. The van der Waals surface area contributed by atoms with Gasteiger partial charge in [0, 0.05) is 11.6 Å². The molecule has 1 aliphatic carbocycles. The summed E-state index contributed by atoms with van der Waals surface area (Å²) in [6.07, 6.45) is 5.75. The normalized spacial score (nSPS) is 23.1. The summed E-state index contributed by atoms with van der Waals surface area (Å²) < 4.78 is 0. The minimum Gasteiger partial charge on any atom is -0.349 e. The molecule has 104 valence electrons. The molecule has 0 aliphatic heterocycles. The molecule has 1 amide bonds. The van der Waals surface area contributed by atoms with E-state index in [1.165, 1.54) is 19.3 Å². The topological polar surface area (TPSA) is 42.0 Å². The van der Waals surface area contributed by atoms with Crippen molar-refractivity contribution in [2.24, 2.45) is 5.92 Å². The molecule has 2 atom stereocenters. The van der Waals surface area contributed by atoms with E-state index in [2.05, 4.69) is 17.2 Å². The van der Waals surface area contributed by atoms with E-state index in [0.717, 1.165) is 18.8 Å². The molecule has 2 unspecified atom stereocenters. The van der Waals surface area contributed by atoms with Gasteiger partial charge in [0.25, 0.3) is 5.91 Å². The largest absolute Gasteiger partial charge is 0.349 e. The first kappa shape index (κ1) is 14.6. The van der Waals surface area contributed by atoms with E-state index in [0.29, 0.717) is 5.56 Å².